The lowest BCUT2D eigenvalue weighted by atomic mass is 10.1. The third-order valence-corrected chi connectivity index (χ3v) is 4.10. The van der Waals surface area contributed by atoms with Crippen molar-refractivity contribution in [2.75, 3.05) is 12.4 Å². The molecule has 0 spiro atoms. The maximum absolute atomic E-state index is 13.2. The molecule has 7 heteroatoms. The minimum Gasteiger partial charge on any atom is -0.497 e. The van der Waals surface area contributed by atoms with Gasteiger partial charge in [0.1, 0.15) is 11.6 Å². The first kappa shape index (κ1) is 16.0. The van der Waals surface area contributed by atoms with Crippen LogP contribution in [0.25, 0.3) is 16.8 Å². The van der Waals surface area contributed by atoms with Crippen LogP contribution in [0.2, 0.25) is 0 Å². The standard InChI is InChI=1S/C19H16FN5O/c1-26-18-4-2-3-17(10-18)21-11-14-9-15(12-25-19(14)22-23-24-25)13-5-7-16(20)8-6-13/h2-10,12,21H,11H2,1H3. The fourth-order valence-electron chi connectivity index (χ4n) is 2.77. The van der Waals surface area contributed by atoms with Gasteiger partial charge in [0.2, 0.25) is 0 Å². The predicted molar refractivity (Wildman–Crippen MR) is 96.5 cm³/mol. The zero-order valence-electron chi connectivity index (χ0n) is 14.1. The molecular weight excluding hydrogens is 333 g/mol. The van der Waals surface area contributed by atoms with Crippen LogP contribution in [-0.2, 0) is 6.54 Å². The summed E-state index contributed by atoms with van der Waals surface area (Å²) >= 11 is 0. The zero-order chi connectivity index (χ0) is 17.9. The van der Waals surface area contributed by atoms with Crippen molar-refractivity contribution in [2.24, 2.45) is 0 Å². The van der Waals surface area contributed by atoms with Crippen molar-refractivity contribution in [1.82, 2.24) is 20.0 Å². The minimum atomic E-state index is -0.267. The summed E-state index contributed by atoms with van der Waals surface area (Å²) in [5, 5.41) is 15.2. The van der Waals surface area contributed by atoms with E-state index in [1.54, 1.807) is 23.8 Å². The molecule has 0 bridgehead atoms. The van der Waals surface area contributed by atoms with Gasteiger partial charge < -0.3 is 10.1 Å². The third kappa shape index (κ3) is 3.19. The summed E-state index contributed by atoms with van der Waals surface area (Å²) in [4.78, 5) is 0. The molecule has 0 radical (unpaired) electrons. The summed E-state index contributed by atoms with van der Waals surface area (Å²) in [6.45, 7) is 0.534. The Hall–Kier alpha value is -3.48. The van der Waals surface area contributed by atoms with Gasteiger partial charge >= 0.3 is 0 Å². The minimum absolute atomic E-state index is 0.267. The second kappa shape index (κ2) is 6.79. The Morgan fingerprint density at radius 3 is 2.73 bits per heavy atom. The van der Waals surface area contributed by atoms with Gasteiger partial charge in [-0.3, -0.25) is 0 Å². The molecule has 0 saturated heterocycles. The number of tetrazole rings is 1. The van der Waals surface area contributed by atoms with E-state index in [0.717, 1.165) is 28.1 Å². The average molecular weight is 349 g/mol. The Kier molecular flexibility index (Phi) is 4.18. The molecule has 0 fully saturated rings. The van der Waals surface area contributed by atoms with E-state index < -0.39 is 0 Å². The average Bonchev–Trinajstić information content (AvgIpc) is 3.15. The lowest BCUT2D eigenvalue weighted by Gasteiger charge is -2.10. The van der Waals surface area contributed by atoms with Crippen molar-refractivity contribution < 1.29 is 9.13 Å². The van der Waals surface area contributed by atoms with Gasteiger partial charge in [-0.2, -0.15) is 4.52 Å². The number of hydrogen-bond donors (Lipinski definition) is 1. The molecule has 26 heavy (non-hydrogen) atoms. The highest BCUT2D eigenvalue weighted by molar-refractivity contribution is 5.67. The van der Waals surface area contributed by atoms with Crippen molar-refractivity contribution >= 4 is 11.3 Å². The number of nitrogens with one attached hydrogen (secondary N) is 1. The zero-order valence-corrected chi connectivity index (χ0v) is 14.1. The van der Waals surface area contributed by atoms with Crippen LogP contribution in [0.1, 0.15) is 5.56 Å². The maximum Gasteiger partial charge on any atom is 0.184 e. The molecule has 0 aliphatic rings. The Bertz CT molecular complexity index is 1050. The van der Waals surface area contributed by atoms with Gasteiger partial charge in [-0.05, 0) is 46.3 Å². The number of methoxy groups -OCH3 is 1. The van der Waals surface area contributed by atoms with E-state index in [-0.39, 0.29) is 5.82 Å². The van der Waals surface area contributed by atoms with Gasteiger partial charge in [0.25, 0.3) is 0 Å². The smallest absolute Gasteiger partial charge is 0.184 e. The SMILES string of the molecule is COc1cccc(NCc2cc(-c3ccc(F)cc3)cn3nnnc23)c1. The maximum atomic E-state index is 13.2. The van der Waals surface area contributed by atoms with E-state index in [1.807, 2.05) is 36.5 Å². The summed E-state index contributed by atoms with van der Waals surface area (Å²) in [5.41, 5.74) is 4.34. The highest BCUT2D eigenvalue weighted by Crippen LogP contribution is 2.24. The number of pyridine rings is 1. The van der Waals surface area contributed by atoms with Gasteiger partial charge in [0.05, 0.1) is 7.11 Å². The predicted octanol–water partition coefficient (Wildman–Crippen LogP) is 3.55. The number of anilines is 1. The van der Waals surface area contributed by atoms with Crippen molar-refractivity contribution in [3.63, 3.8) is 0 Å². The largest absolute Gasteiger partial charge is 0.497 e. The molecule has 130 valence electrons. The summed E-state index contributed by atoms with van der Waals surface area (Å²) < 4.78 is 20.1. The van der Waals surface area contributed by atoms with Crippen LogP contribution in [0.5, 0.6) is 5.75 Å². The number of fused-ring (bicyclic) bond motifs is 1. The van der Waals surface area contributed by atoms with Crippen molar-refractivity contribution in [1.29, 1.82) is 0 Å². The first-order valence-electron chi connectivity index (χ1n) is 8.07. The lowest BCUT2D eigenvalue weighted by molar-refractivity contribution is 0.415. The number of nitrogens with zero attached hydrogens (tertiary/aromatic N) is 4. The van der Waals surface area contributed by atoms with Gasteiger partial charge in [0, 0.05) is 35.6 Å². The summed E-state index contributed by atoms with van der Waals surface area (Å²) in [7, 11) is 1.64. The van der Waals surface area contributed by atoms with Gasteiger partial charge in [0.15, 0.2) is 5.65 Å². The molecule has 2 heterocycles. The third-order valence-electron chi connectivity index (χ3n) is 4.10. The van der Waals surface area contributed by atoms with E-state index >= 15 is 0 Å². The molecule has 0 unspecified atom stereocenters. The van der Waals surface area contributed by atoms with E-state index in [1.165, 1.54) is 12.1 Å². The fourth-order valence-corrected chi connectivity index (χ4v) is 2.77. The molecule has 2 aromatic carbocycles. The van der Waals surface area contributed by atoms with Crippen LogP contribution in [0.4, 0.5) is 10.1 Å². The lowest BCUT2D eigenvalue weighted by Crippen LogP contribution is -2.03. The summed E-state index contributed by atoms with van der Waals surface area (Å²) in [6.07, 6.45) is 1.83. The van der Waals surface area contributed by atoms with E-state index in [4.69, 9.17) is 4.74 Å². The quantitative estimate of drug-likeness (QED) is 0.597. The van der Waals surface area contributed by atoms with Gasteiger partial charge in [-0.1, -0.05) is 18.2 Å². The second-order valence-electron chi connectivity index (χ2n) is 5.79. The first-order chi connectivity index (χ1) is 12.7. The van der Waals surface area contributed by atoms with Crippen molar-refractivity contribution in [3.05, 3.63) is 72.2 Å². The molecule has 2 aromatic heterocycles. The molecule has 0 atom stereocenters. The Morgan fingerprint density at radius 1 is 1.08 bits per heavy atom. The number of hydrogen-bond acceptors (Lipinski definition) is 5. The van der Waals surface area contributed by atoms with Crippen molar-refractivity contribution in [2.45, 2.75) is 6.54 Å². The van der Waals surface area contributed by atoms with E-state index in [0.29, 0.717) is 12.2 Å². The molecule has 0 aliphatic carbocycles. The fraction of sp³-hybridized carbons (Fsp3) is 0.105. The monoisotopic (exact) mass is 349 g/mol. The number of rotatable bonds is 5. The molecule has 0 amide bonds. The first-order valence-corrected chi connectivity index (χ1v) is 8.07. The Labute approximate surface area is 149 Å². The Morgan fingerprint density at radius 2 is 1.92 bits per heavy atom. The molecule has 4 rings (SSSR count). The van der Waals surface area contributed by atoms with Crippen LogP contribution >= 0.6 is 0 Å². The number of aromatic nitrogens is 4. The highest BCUT2D eigenvalue weighted by atomic mass is 19.1. The molecule has 1 N–H and O–H groups in total. The Balaban J connectivity index is 1.67. The van der Waals surface area contributed by atoms with Gasteiger partial charge in [-0.25, -0.2) is 4.39 Å². The molecule has 4 aromatic rings. The van der Waals surface area contributed by atoms with Crippen molar-refractivity contribution in [3.8, 4) is 16.9 Å². The van der Waals surface area contributed by atoms with Crippen LogP contribution < -0.4 is 10.1 Å². The molecular formula is C19H16FN5O. The van der Waals surface area contributed by atoms with Crippen LogP contribution in [0, 0.1) is 5.82 Å². The molecule has 6 nitrogen and oxygen atoms in total. The van der Waals surface area contributed by atoms with Gasteiger partial charge in [-0.15, -0.1) is 5.10 Å². The second-order valence-corrected chi connectivity index (χ2v) is 5.79. The highest BCUT2D eigenvalue weighted by Gasteiger charge is 2.09. The summed E-state index contributed by atoms with van der Waals surface area (Å²) in [5.74, 6) is 0.515. The topological polar surface area (TPSA) is 64.3 Å². The van der Waals surface area contributed by atoms with Crippen LogP contribution in [0.15, 0.2) is 60.8 Å². The van der Waals surface area contributed by atoms with Crippen LogP contribution in [0.3, 0.4) is 0 Å². The van der Waals surface area contributed by atoms with E-state index in [9.17, 15) is 4.39 Å². The van der Waals surface area contributed by atoms with Crippen LogP contribution in [-0.4, -0.2) is 27.2 Å². The summed E-state index contributed by atoms with van der Waals surface area (Å²) in [6, 6.07) is 16.0. The number of ether oxygens (including phenoxy) is 1. The number of benzene rings is 2. The number of halogens is 1. The molecule has 0 saturated carbocycles. The van der Waals surface area contributed by atoms with E-state index in [2.05, 4.69) is 20.8 Å². The molecule has 0 aliphatic heterocycles. The normalized spacial score (nSPS) is 10.8.